The summed E-state index contributed by atoms with van der Waals surface area (Å²) < 4.78 is 69.0. The summed E-state index contributed by atoms with van der Waals surface area (Å²) in [5.74, 6) is 0.261. The summed E-state index contributed by atoms with van der Waals surface area (Å²) in [6.07, 6.45) is 73.9. The Hall–Kier alpha value is -1.94. The minimum Gasteiger partial charge on any atom is -0.462 e. The van der Waals surface area contributed by atoms with Crippen LogP contribution < -0.4 is 0 Å². The molecule has 110 heavy (non-hydrogen) atoms. The SMILES string of the molecule is CCCCCCCCCCCCCCCCCCCCCCCCC(=O)OC[C@H](COP(=O)(O)OC[C@@H](O)COP(=O)(O)OC[C@@H](COC(=O)CCCCCCCCCC(C)C)OC(=O)CCCCCCCCCCCCCCCC(C)C)OC(=O)CCCCCCCCCCCCCCCCCCCCC(C)CC. The smallest absolute Gasteiger partial charge is 0.462 e. The molecule has 0 aromatic heterocycles. The summed E-state index contributed by atoms with van der Waals surface area (Å²) in [4.78, 5) is 73.4. The van der Waals surface area contributed by atoms with E-state index in [1.807, 2.05) is 0 Å². The van der Waals surface area contributed by atoms with Crippen LogP contribution in [0.25, 0.3) is 0 Å². The zero-order valence-electron chi connectivity index (χ0n) is 72.7. The summed E-state index contributed by atoms with van der Waals surface area (Å²) in [7, 11) is -9.93. The van der Waals surface area contributed by atoms with Gasteiger partial charge in [-0.1, -0.05) is 434 Å². The fraction of sp³-hybridized carbons (Fsp3) is 0.956. The second-order valence-electron chi connectivity index (χ2n) is 33.9. The van der Waals surface area contributed by atoms with Crippen molar-refractivity contribution in [2.45, 2.75) is 503 Å². The fourth-order valence-corrected chi connectivity index (χ4v) is 15.8. The minimum atomic E-state index is -4.97. The highest BCUT2D eigenvalue weighted by molar-refractivity contribution is 7.47. The number of carbonyl (C=O) groups is 4. The van der Waals surface area contributed by atoms with Gasteiger partial charge >= 0.3 is 39.5 Å². The first-order valence-corrected chi connectivity index (χ1v) is 49.9. The molecule has 0 aromatic carbocycles. The van der Waals surface area contributed by atoms with Crippen LogP contribution in [0.4, 0.5) is 0 Å². The molecule has 0 fully saturated rings. The van der Waals surface area contributed by atoms with E-state index in [2.05, 4.69) is 48.5 Å². The van der Waals surface area contributed by atoms with Gasteiger partial charge in [0, 0.05) is 25.7 Å². The number of hydrogen-bond donors (Lipinski definition) is 3. The second kappa shape index (κ2) is 80.8. The van der Waals surface area contributed by atoms with Crippen LogP contribution in [0, 0.1) is 17.8 Å². The second-order valence-corrected chi connectivity index (χ2v) is 36.8. The van der Waals surface area contributed by atoms with Crippen molar-refractivity contribution >= 4 is 39.5 Å². The predicted molar refractivity (Wildman–Crippen MR) is 455 cm³/mol. The number of aliphatic hydroxyl groups excluding tert-OH is 1. The number of hydrogen-bond acceptors (Lipinski definition) is 15. The fourth-order valence-electron chi connectivity index (χ4n) is 14.2. The molecule has 0 saturated heterocycles. The zero-order valence-corrected chi connectivity index (χ0v) is 74.5. The molecule has 0 heterocycles. The Bertz CT molecular complexity index is 2120. The number of carbonyl (C=O) groups excluding carboxylic acids is 4. The molecule has 17 nitrogen and oxygen atoms in total. The monoisotopic (exact) mass is 1610 g/mol. The summed E-state index contributed by atoms with van der Waals surface area (Å²) in [5, 5.41) is 10.7. The standard InChI is InChI=1S/C91H178O17P2/c1-8-10-11-12-13-14-15-16-17-18-19-20-21-22-26-29-34-39-44-51-58-65-72-88(93)101-78-86(107-90(95)74-67-60-52-45-40-35-30-27-24-23-25-28-33-38-43-50-57-64-71-84(7)9-2)80-105-109(97,98)103-76-85(92)77-104-110(99,100)106-81-87(79-102-89(94)73-66-59-54-47-49-56-63-70-83(5)6)108-91(96)75-68-61-53-46-41-36-31-32-37-42-48-55-62-69-82(3)4/h82-87,92H,8-81H2,1-7H3,(H,97,98)(H,99,100)/t84?,85-,86-,87-/m1/s1. The predicted octanol–water partition coefficient (Wildman–Crippen LogP) is 28.0. The Morgan fingerprint density at radius 3 is 0.691 bits per heavy atom. The van der Waals surface area contributed by atoms with E-state index in [1.54, 1.807) is 0 Å². The van der Waals surface area contributed by atoms with Crippen molar-refractivity contribution in [1.82, 2.24) is 0 Å². The van der Waals surface area contributed by atoms with Gasteiger partial charge in [0.15, 0.2) is 12.2 Å². The maximum atomic E-state index is 13.2. The Kier molecular flexibility index (Phi) is 79.4. The molecule has 0 spiro atoms. The molecule has 19 heteroatoms. The molecule has 6 atom stereocenters. The van der Waals surface area contributed by atoms with Gasteiger partial charge in [0.05, 0.1) is 26.4 Å². The van der Waals surface area contributed by atoms with Gasteiger partial charge in [0.25, 0.3) is 0 Å². The molecule has 3 N–H and O–H groups in total. The van der Waals surface area contributed by atoms with Gasteiger partial charge in [-0.2, -0.15) is 0 Å². The molecule has 3 unspecified atom stereocenters. The van der Waals surface area contributed by atoms with Crippen LogP contribution in [0.3, 0.4) is 0 Å². The van der Waals surface area contributed by atoms with E-state index in [-0.39, 0.29) is 25.7 Å². The van der Waals surface area contributed by atoms with Crippen molar-refractivity contribution in [3.63, 3.8) is 0 Å². The highest BCUT2D eigenvalue weighted by Crippen LogP contribution is 2.45. The molecule has 0 aliphatic heterocycles. The van der Waals surface area contributed by atoms with Crippen LogP contribution in [0.15, 0.2) is 0 Å². The van der Waals surface area contributed by atoms with E-state index in [9.17, 15) is 43.2 Å². The third-order valence-electron chi connectivity index (χ3n) is 21.7. The summed E-state index contributed by atoms with van der Waals surface area (Å²) in [6.45, 7) is 12.0. The van der Waals surface area contributed by atoms with E-state index < -0.39 is 97.5 Å². The molecule has 0 bridgehead atoms. The molecular weight excluding hydrogens is 1430 g/mol. The lowest BCUT2D eigenvalue weighted by molar-refractivity contribution is -0.161. The van der Waals surface area contributed by atoms with Gasteiger partial charge in [0.1, 0.15) is 19.3 Å². The lowest BCUT2D eigenvalue weighted by atomic mass is 9.99. The molecule has 0 amide bonds. The minimum absolute atomic E-state index is 0.107. The van der Waals surface area contributed by atoms with Crippen molar-refractivity contribution in [3.05, 3.63) is 0 Å². The third kappa shape index (κ3) is 82.6. The topological polar surface area (TPSA) is 237 Å². The van der Waals surface area contributed by atoms with Crippen LogP contribution in [0.2, 0.25) is 0 Å². The van der Waals surface area contributed by atoms with E-state index >= 15 is 0 Å². The number of rotatable bonds is 89. The van der Waals surface area contributed by atoms with Gasteiger partial charge in [-0.05, 0) is 43.4 Å². The summed E-state index contributed by atoms with van der Waals surface area (Å²) in [5.41, 5.74) is 0. The van der Waals surface area contributed by atoms with Gasteiger partial charge in [-0.15, -0.1) is 0 Å². The lowest BCUT2D eigenvalue weighted by Gasteiger charge is -2.21. The van der Waals surface area contributed by atoms with Crippen molar-refractivity contribution < 1.29 is 80.2 Å². The lowest BCUT2D eigenvalue weighted by Crippen LogP contribution is -2.30. The Morgan fingerprint density at radius 2 is 0.464 bits per heavy atom. The van der Waals surface area contributed by atoms with Gasteiger partial charge < -0.3 is 33.8 Å². The van der Waals surface area contributed by atoms with E-state index in [1.165, 1.54) is 289 Å². The van der Waals surface area contributed by atoms with Crippen molar-refractivity contribution in [1.29, 1.82) is 0 Å². The van der Waals surface area contributed by atoms with Gasteiger partial charge in [-0.25, -0.2) is 9.13 Å². The number of ether oxygens (including phenoxy) is 4. The first-order valence-electron chi connectivity index (χ1n) is 46.9. The van der Waals surface area contributed by atoms with Crippen LogP contribution >= 0.6 is 15.6 Å². The molecular formula is C91H178O17P2. The number of aliphatic hydroxyl groups is 1. The van der Waals surface area contributed by atoms with Crippen molar-refractivity contribution in [2.75, 3.05) is 39.6 Å². The first kappa shape index (κ1) is 108. The van der Waals surface area contributed by atoms with E-state index in [0.717, 1.165) is 108 Å². The van der Waals surface area contributed by atoms with Crippen molar-refractivity contribution in [3.8, 4) is 0 Å². The third-order valence-corrected chi connectivity index (χ3v) is 23.6. The van der Waals surface area contributed by atoms with Crippen LogP contribution in [-0.2, 0) is 65.4 Å². The van der Waals surface area contributed by atoms with Crippen molar-refractivity contribution in [2.24, 2.45) is 17.8 Å². The average molecular weight is 1610 g/mol. The summed E-state index contributed by atoms with van der Waals surface area (Å²) in [6, 6.07) is 0. The molecule has 0 saturated carbocycles. The zero-order chi connectivity index (χ0) is 80.8. The van der Waals surface area contributed by atoms with Gasteiger partial charge in [-0.3, -0.25) is 37.3 Å². The van der Waals surface area contributed by atoms with E-state index in [4.69, 9.17) is 37.0 Å². The first-order chi connectivity index (χ1) is 53.3. The molecule has 0 rings (SSSR count). The highest BCUT2D eigenvalue weighted by atomic mass is 31.2. The molecule has 0 aliphatic carbocycles. The summed E-state index contributed by atoms with van der Waals surface area (Å²) >= 11 is 0. The molecule has 0 aromatic rings. The Labute approximate surface area is 677 Å². The number of unbranched alkanes of at least 4 members (excludes halogenated alkanes) is 56. The Balaban J connectivity index is 5.21. The van der Waals surface area contributed by atoms with Crippen LogP contribution in [-0.4, -0.2) is 96.7 Å². The van der Waals surface area contributed by atoms with Crippen LogP contribution in [0.5, 0.6) is 0 Å². The maximum Gasteiger partial charge on any atom is 0.472 e. The Morgan fingerprint density at radius 1 is 0.264 bits per heavy atom. The molecule has 654 valence electrons. The normalized spacial score (nSPS) is 14.0. The number of phosphoric acid groups is 2. The largest absolute Gasteiger partial charge is 0.472 e. The van der Waals surface area contributed by atoms with Crippen LogP contribution in [0.1, 0.15) is 485 Å². The number of esters is 4. The van der Waals surface area contributed by atoms with E-state index in [0.29, 0.717) is 31.6 Å². The maximum absolute atomic E-state index is 13.2. The molecule has 0 radical (unpaired) electrons. The number of phosphoric ester groups is 2. The van der Waals surface area contributed by atoms with Gasteiger partial charge in [0.2, 0.25) is 0 Å². The quantitative estimate of drug-likeness (QED) is 0.0222. The highest BCUT2D eigenvalue weighted by Gasteiger charge is 2.31. The molecule has 0 aliphatic rings. The average Bonchev–Trinajstić information content (AvgIpc) is 0.902.